The van der Waals surface area contributed by atoms with Crippen molar-refractivity contribution in [3.63, 3.8) is 0 Å². The molecule has 3 N–H and O–H groups in total. The molecule has 0 radical (unpaired) electrons. The van der Waals surface area contributed by atoms with E-state index in [2.05, 4.69) is 5.32 Å². The molecule has 2 aromatic carbocycles. The number of benzene rings is 2. The number of anilines is 1. The van der Waals surface area contributed by atoms with Gasteiger partial charge in [-0.3, -0.25) is 14.9 Å². The fourth-order valence-electron chi connectivity index (χ4n) is 2.41. The van der Waals surface area contributed by atoms with Gasteiger partial charge >= 0.3 is 6.18 Å². The summed E-state index contributed by atoms with van der Waals surface area (Å²) < 4.78 is 44.5. The number of amides is 1. The summed E-state index contributed by atoms with van der Waals surface area (Å²) in [5, 5.41) is 14.0. The van der Waals surface area contributed by atoms with E-state index < -0.39 is 22.6 Å². The second-order valence-electron chi connectivity index (χ2n) is 5.88. The van der Waals surface area contributed by atoms with Crippen molar-refractivity contribution >= 4 is 17.3 Å². The molecule has 0 fully saturated rings. The van der Waals surface area contributed by atoms with E-state index in [-0.39, 0.29) is 34.8 Å². The van der Waals surface area contributed by atoms with Crippen molar-refractivity contribution in [2.24, 2.45) is 5.73 Å². The van der Waals surface area contributed by atoms with Crippen molar-refractivity contribution in [2.75, 3.05) is 11.9 Å². The van der Waals surface area contributed by atoms with Gasteiger partial charge in [0.1, 0.15) is 5.75 Å². The van der Waals surface area contributed by atoms with Crippen LogP contribution in [0.5, 0.6) is 5.75 Å². The Balaban J connectivity index is 2.34. The number of carbonyl (C=O) groups is 1. The zero-order chi connectivity index (χ0) is 20.9. The minimum absolute atomic E-state index is 0.0403. The third-order valence-corrected chi connectivity index (χ3v) is 3.80. The second-order valence-corrected chi connectivity index (χ2v) is 5.88. The molecular weight excluding hydrogens is 379 g/mol. The average Bonchev–Trinajstić information content (AvgIpc) is 2.63. The van der Waals surface area contributed by atoms with Gasteiger partial charge in [0.05, 0.1) is 22.8 Å². The molecular formula is C18H18F3N3O4. The molecule has 0 aliphatic rings. The molecule has 150 valence electrons. The third-order valence-electron chi connectivity index (χ3n) is 3.80. The lowest BCUT2D eigenvalue weighted by molar-refractivity contribution is -0.385. The van der Waals surface area contributed by atoms with Crippen LogP contribution in [0.4, 0.5) is 24.5 Å². The number of carbonyl (C=O) groups excluding carboxylic acids is 1. The van der Waals surface area contributed by atoms with Crippen LogP contribution in [0.15, 0.2) is 36.4 Å². The van der Waals surface area contributed by atoms with Crippen molar-refractivity contribution in [2.45, 2.75) is 26.1 Å². The maximum Gasteiger partial charge on any atom is 0.416 e. The summed E-state index contributed by atoms with van der Waals surface area (Å²) in [6.07, 6.45) is -3.89. The van der Waals surface area contributed by atoms with E-state index in [4.69, 9.17) is 10.5 Å². The summed E-state index contributed by atoms with van der Waals surface area (Å²) >= 11 is 0. The van der Waals surface area contributed by atoms with Crippen molar-refractivity contribution in [3.05, 3.63) is 63.2 Å². The molecule has 10 heteroatoms. The van der Waals surface area contributed by atoms with Gasteiger partial charge in [0, 0.05) is 23.7 Å². The fraction of sp³-hybridized carbons (Fsp3) is 0.278. The lowest BCUT2D eigenvalue weighted by Gasteiger charge is -2.16. The molecule has 0 atom stereocenters. The van der Waals surface area contributed by atoms with Gasteiger partial charge in [-0.2, -0.15) is 13.2 Å². The number of hydrogen-bond acceptors (Lipinski definition) is 5. The van der Waals surface area contributed by atoms with Crippen LogP contribution in [-0.4, -0.2) is 17.4 Å². The van der Waals surface area contributed by atoms with Crippen LogP contribution in [0.3, 0.4) is 0 Å². The standard InChI is InChI=1S/C18H18F3N3O4/c1-2-7-28-16-6-5-13(18(19,20)21)9-14(16)23-10-12-4-3-11(17(22)25)8-15(12)24(26)27/h3-6,8-9,23H,2,7,10H2,1H3,(H2,22,25). The smallest absolute Gasteiger partial charge is 0.416 e. The number of alkyl halides is 3. The Morgan fingerprint density at radius 3 is 2.54 bits per heavy atom. The number of nitro groups is 1. The summed E-state index contributed by atoms with van der Waals surface area (Å²) in [6, 6.07) is 6.65. The summed E-state index contributed by atoms with van der Waals surface area (Å²) in [5.41, 5.74) is 4.06. The van der Waals surface area contributed by atoms with E-state index in [1.54, 1.807) is 0 Å². The van der Waals surface area contributed by atoms with Crippen LogP contribution in [0.25, 0.3) is 0 Å². The van der Waals surface area contributed by atoms with Gasteiger partial charge in [-0.05, 0) is 36.8 Å². The Hall–Kier alpha value is -3.30. The lowest BCUT2D eigenvalue weighted by atomic mass is 10.1. The zero-order valence-corrected chi connectivity index (χ0v) is 14.9. The van der Waals surface area contributed by atoms with Gasteiger partial charge in [-0.1, -0.05) is 6.92 Å². The van der Waals surface area contributed by atoms with Crippen molar-refractivity contribution in [3.8, 4) is 5.75 Å². The Morgan fingerprint density at radius 2 is 1.96 bits per heavy atom. The minimum Gasteiger partial charge on any atom is -0.491 e. The Morgan fingerprint density at radius 1 is 1.25 bits per heavy atom. The topological polar surface area (TPSA) is 107 Å². The van der Waals surface area contributed by atoms with Gasteiger partial charge in [-0.25, -0.2) is 0 Å². The highest BCUT2D eigenvalue weighted by molar-refractivity contribution is 5.93. The maximum atomic E-state index is 13.0. The number of nitrogens with one attached hydrogen (secondary N) is 1. The molecule has 7 nitrogen and oxygen atoms in total. The van der Waals surface area contributed by atoms with Crippen LogP contribution in [0.2, 0.25) is 0 Å². The number of rotatable bonds is 8. The molecule has 0 saturated carbocycles. The summed E-state index contributed by atoms with van der Waals surface area (Å²) in [4.78, 5) is 21.8. The first-order valence-electron chi connectivity index (χ1n) is 8.28. The normalized spacial score (nSPS) is 11.1. The number of hydrogen-bond donors (Lipinski definition) is 2. The second kappa shape index (κ2) is 8.59. The molecule has 0 unspecified atom stereocenters. The first kappa shape index (κ1) is 21.0. The largest absolute Gasteiger partial charge is 0.491 e. The molecule has 0 spiro atoms. The molecule has 2 rings (SSSR count). The van der Waals surface area contributed by atoms with Crippen molar-refractivity contribution in [1.29, 1.82) is 0 Å². The van der Waals surface area contributed by atoms with Crippen LogP contribution >= 0.6 is 0 Å². The van der Waals surface area contributed by atoms with E-state index >= 15 is 0 Å². The highest BCUT2D eigenvalue weighted by Crippen LogP contribution is 2.35. The average molecular weight is 397 g/mol. The first-order valence-corrected chi connectivity index (χ1v) is 8.28. The van der Waals surface area contributed by atoms with Gasteiger partial charge in [0.25, 0.3) is 5.69 Å². The van der Waals surface area contributed by atoms with E-state index in [0.717, 1.165) is 18.2 Å². The van der Waals surface area contributed by atoms with Crippen LogP contribution in [-0.2, 0) is 12.7 Å². The number of nitro benzene ring substituents is 1. The molecule has 28 heavy (non-hydrogen) atoms. The Bertz CT molecular complexity index is 885. The SMILES string of the molecule is CCCOc1ccc(C(F)(F)F)cc1NCc1ccc(C(N)=O)cc1[N+](=O)[O-]. The van der Waals surface area contributed by atoms with Gasteiger partial charge in [-0.15, -0.1) is 0 Å². The number of nitrogens with zero attached hydrogens (tertiary/aromatic N) is 1. The molecule has 0 aromatic heterocycles. The van der Waals surface area contributed by atoms with Gasteiger partial charge < -0.3 is 15.8 Å². The predicted octanol–water partition coefficient (Wildman–Crippen LogP) is 4.11. The van der Waals surface area contributed by atoms with Crippen LogP contribution < -0.4 is 15.8 Å². The molecule has 0 aliphatic carbocycles. The summed E-state index contributed by atoms with van der Waals surface area (Å²) in [5.74, 6) is -0.623. The van der Waals surface area contributed by atoms with E-state index in [1.165, 1.54) is 18.2 Å². The van der Waals surface area contributed by atoms with E-state index in [1.807, 2.05) is 6.92 Å². The minimum atomic E-state index is -4.55. The predicted molar refractivity (Wildman–Crippen MR) is 96.2 cm³/mol. The summed E-state index contributed by atoms with van der Waals surface area (Å²) in [7, 11) is 0. The zero-order valence-electron chi connectivity index (χ0n) is 14.9. The number of ether oxygens (including phenoxy) is 1. The van der Waals surface area contributed by atoms with Gasteiger partial charge in [0.15, 0.2) is 0 Å². The number of primary amides is 1. The summed E-state index contributed by atoms with van der Waals surface area (Å²) in [6.45, 7) is 1.99. The first-order chi connectivity index (χ1) is 13.1. The Labute approximate surface area is 158 Å². The van der Waals surface area contributed by atoms with E-state index in [9.17, 15) is 28.1 Å². The van der Waals surface area contributed by atoms with E-state index in [0.29, 0.717) is 13.0 Å². The molecule has 0 aliphatic heterocycles. The Kier molecular flexibility index (Phi) is 6.45. The van der Waals surface area contributed by atoms with Crippen LogP contribution in [0, 0.1) is 10.1 Å². The monoisotopic (exact) mass is 397 g/mol. The number of nitrogens with two attached hydrogens (primary N) is 1. The molecule has 1 amide bonds. The quantitative estimate of drug-likeness (QED) is 0.515. The fourth-order valence-corrected chi connectivity index (χ4v) is 2.41. The molecule has 2 aromatic rings. The van der Waals surface area contributed by atoms with Crippen molar-refractivity contribution in [1.82, 2.24) is 0 Å². The van der Waals surface area contributed by atoms with Crippen molar-refractivity contribution < 1.29 is 27.6 Å². The third kappa shape index (κ3) is 5.12. The molecule has 0 saturated heterocycles. The van der Waals surface area contributed by atoms with Crippen LogP contribution in [0.1, 0.15) is 34.8 Å². The highest BCUT2D eigenvalue weighted by atomic mass is 19.4. The number of halogens is 3. The molecule has 0 heterocycles. The highest BCUT2D eigenvalue weighted by Gasteiger charge is 2.31. The molecule has 0 bridgehead atoms. The maximum absolute atomic E-state index is 13.0. The lowest BCUT2D eigenvalue weighted by Crippen LogP contribution is -2.13. The van der Waals surface area contributed by atoms with Gasteiger partial charge in [0.2, 0.25) is 5.91 Å².